The van der Waals surface area contributed by atoms with Gasteiger partial charge in [-0.2, -0.15) is 0 Å². The highest BCUT2D eigenvalue weighted by Gasteiger charge is 2.38. The summed E-state index contributed by atoms with van der Waals surface area (Å²) in [5, 5.41) is 0. The number of carbonyl (C=O) groups excluding carboxylic acids is 4. The van der Waals surface area contributed by atoms with Gasteiger partial charge in [-0.3, -0.25) is 4.79 Å². The quantitative estimate of drug-likeness (QED) is 0.147. The third-order valence-electron chi connectivity index (χ3n) is 5.71. The van der Waals surface area contributed by atoms with Crippen molar-refractivity contribution in [1.29, 1.82) is 0 Å². The second-order valence-corrected chi connectivity index (χ2v) is 10.6. The Hall–Kier alpha value is -3.54. The van der Waals surface area contributed by atoms with Crippen molar-refractivity contribution < 1.29 is 52.3 Å². The molecule has 0 bridgehead atoms. The Balaban J connectivity index is 3.17. The number of methoxy groups -OCH3 is 1. The van der Waals surface area contributed by atoms with Crippen LogP contribution in [-0.4, -0.2) is 63.0 Å². The molecule has 12 heteroatoms. The number of benzene rings is 1. The van der Waals surface area contributed by atoms with Crippen LogP contribution >= 0.6 is 0 Å². The number of rotatable bonds is 16. The fraction of sp³-hybridized carbons (Fsp3) is 0.655. The Morgan fingerprint density at radius 2 is 1.34 bits per heavy atom. The smallest absolute Gasteiger partial charge is 0.468 e. The van der Waals surface area contributed by atoms with Gasteiger partial charge in [0.2, 0.25) is 0 Å². The molecule has 1 unspecified atom stereocenters. The van der Waals surface area contributed by atoms with Crippen molar-refractivity contribution in [3.05, 3.63) is 23.8 Å². The SMILES string of the molecule is CCCOC(=O)O[C@@H](C)CC(N)(Cc1ccc(OC(=O)OCCC(C)C)c(OC(=O)OCCC(C)C)c1)C(=O)OC. The molecule has 1 aromatic carbocycles. The second kappa shape index (κ2) is 18.0. The van der Waals surface area contributed by atoms with E-state index >= 15 is 0 Å². The van der Waals surface area contributed by atoms with Gasteiger partial charge in [-0.25, -0.2) is 14.4 Å². The van der Waals surface area contributed by atoms with Crippen LogP contribution in [-0.2, 0) is 34.9 Å². The van der Waals surface area contributed by atoms with Crippen LogP contribution in [0.3, 0.4) is 0 Å². The number of hydrogen-bond acceptors (Lipinski definition) is 12. The van der Waals surface area contributed by atoms with Gasteiger partial charge in [-0.05, 0) is 55.7 Å². The molecule has 0 aliphatic rings. The minimum Gasteiger partial charge on any atom is -0.468 e. The molecule has 2 N–H and O–H groups in total. The molecule has 0 spiro atoms. The van der Waals surface area contributed by atoms with Gasteiger partial charge in [0.15, 0.2) is 11.5 Å². The van der Waals surface area contributed by atoms with Crippen molar-refractivity contribution in [2.75, 3.05) is 26.9 Å². The summed E-state index contributed by atoms with van der Waals surface area (Å²) in [4.78, 5) is 49.2. The summed E-state index contributed by atoms with van der Waals surface area (Å²) in [6.07, 6.45) is -1.95. The van der Waals surface area contributed by atoms with Crippen molar-refractivity contribution in [3.8, 4) is 11.5 Å². The Morgan fingerprint density at radius 3 is 1.85 bits per heavy atom. The number of hydrogen-bond donors (Lipinski definition) is 1. The van der Waals surface area contributed by atoms with Crippen molar-refractivity contribution in [1.82, 2.24) is 0 Å². The van der Waals surface area contributed by atoms with Gasteiger partial charge in [0.1, 0.15) is 11.6 Å². The lowest BCUT2D eigenvalue weighted by molar-refractivity contribution is -0.148. The number of nitrogens with two attached hydrogens (primary N) is 1. The van der Waals surface area contributed by atoms with Crippen LogP contribution < -0.4 is 15.2 Å². The zero-order valence-electron chi connectivity index (χ0n) is 25.2. The maximum atomic E-state index is 12.7. The van der Waals surface area contributed by atoms with Crippen molar-refractivity contribution in [2.45, 2.75) is 85.3 Å². The van der Waals surface area contributed by atoms with Gasteiger partial charge < -0.3 is 38.9 Å². The summed E-state index contributed by atoms with van der Waals surface area (Å²) in [5.41, 5.74) is 5.26. The first-order chi connectivity index (χ1) is 19.3. The highest BCUT2D eigenvalue weighted by Crippen LogP contribution is 2.32. The summed E-state index contributed by atoms with van der Waals surface area (Å²) in [6.45, 7) is 11.8. The molecule has 0 radical (unpaired) electrons. The second-order valence-electron chi connectivity index (χ2n) is 10.6. The lowest BCUT2D eigenvalue weighted by Gasteiger charge is -2.29. The van der Waals surface area contributed by atoms with E-state index in [-0.39, 0.29) is 44.2 Å². The monoisotopic (exact) mass is 583 g/mol. The van der Waals surface area contributed by atoms with E-state index in [9.17, 15) is 19.2 Å². The molecule has 232 valence electrons. The molecule has 0 aliphatic heterocycles. The van der Waals surface area contributed by atoms with Crippen LogP contribution in [0.15, 0.2) is 18.2 Å². The molecule has 1 rings (SSSR count). The van der Waals surface area contributed by atoms with Crippen molar-refractivity contribution >= 4 is 24.4 Å². The largest absolute Gasteiger partial charge is 0.513 e. The summed E-state index contributed by atoms with van der Waals surface area (Å²) < 4.78 is 35.9. The van der Waals surface area contributed by atoms with Crippen LogP contribution in [0.2, 0.25) is 0 Å². The minimum absolute atomic E-state index is 0.0971. The van der Waals surface area contributed by atoms with E-state index in [1.165, 1.54) is 19.2 Å². The summed E-state index contributed by atoms with van der Waals surface area (Å²) in [6, 6.07) is 4.32. The van der Waals surface area contributed by atoms with E-state index in [1.54, 1.807) is 13.0 Å². The standard InChI is InChI=1S/C29H45NO11/c1-8-13-36-26(32)39-21(6)17-29(30,25(31)35-7)18-22-9-10-23(40-27(33)37-14-11-19(2)3)24(16-22)41-28(34)38-15-12-20(4)5/h9-10,16,19-21H,8,11-15,17-18,30H2,1-7H3/t21-,29?/m0/s1. The Morgan fingerprint density at radius 1 is 0.805 bits per heavy atom. The summed E-state index contributed by atoms with van der Waals surface area (Å²) in [7, 11) is 1.19. The average Bonchev–Trinajstić information content (AvgIpc) is 2.87. The van der Waals surface area contributed by atoms with Gasteiger partial charge in [0, 0.05) is 12.8 Å². The van der Waals surface area contributed by atoms with Crippen LogP contribution in [0.5, 0.6) is 11.5 Å². The molecule has 0 aliphatic carbocycles. The van der Waals surface area contributed by atoms with Crippen LogP contribution in [0, 0.1) is 11.8 Å². The molecule has 0 amide bonds. The molecular weight excluding hydrogens is 538 g/mol. The molecule has 12 nitrogen and oxygen atoms in total. The van der Waals surface area contributed by atoms with E-state index in [1.807, 2.05) is 34.6 Å². The van der Waals surface area contributed by atoms with Gasteiger partial charge in [-0.1, -0.05) is 40.7 Å². The van der Waals surface area contributed by atoms with Gasteiger partial charge >= 0.3 is 24.4 Å². The van der Waals surface area contributed by atoms with Crippen LogP contribution in [0.1, 0.15) is 72.8 Å². The molecule has 41 heavy (non-hydrogen) atoms. The summed E-state index contributed by atoms with van der Waals surface area (Å²) in [5.74, 6) is -0.360. The highest BCUT2D eigenvalue weighted by molar-refractivity contribution is 5.81. The van der Waals surface area contributed by atoms with E-state index in [0.717, 1.165) is 0 Å². The Bertz CT molecular complexity index is 995. The topological polar surface area (TPSA) is 159 Å². The molecular formula is C29H45NO11. The van der Waals surface area contributed by atoms with Gasteiger partial charge in [-0.15, -0.1) is 0 Å². The Labute approximate surface area is 242 Å². The molecule has 2 atom stereocenters. The maximum absolute atomic E-state index is 12.7. The van der Waals surface area contributed by atoms with Crippen molar-refractivity contribution in [2.24, 2.45) is 17.6 Å². The minimum atomic E-state index is -1.63. The number of carbonyl (C=O) groups is 4. The zero-order chi connectivity index (χ0) is 31.0. The maximum Gasteiger partial charge on any atom is 0.513 e. The average molecular weight is 584 g/mol. The van der Waals surface area contributed by atoms with Crippen LogP contribution in [0.25, 0.3) is 0 Å². The van der Waals surface area contributed by atoms with Crippen molar-refractivity contribution in [3.63, 3.8) is 0 Å². The summed E-state index contributed by atoms with van der Waals surface area (Å²) >= 11 is 0. The fourth-order valence-corrected chi connectivity index (χ4v) is 3.55. The third-order valence-corrected chi connectivity index (χ3v) is 5.71. The first-order valence-electron chi connectivity index (χ1n) is 13.8. The predicted molar refractivity (Wildman–Crippen MR) is 149 cm³/mol. The van der Waals surface area contributed by atoms with E-state index in [2.05, 4.69) is 0 Å². The van der Waals surface area contributed by atoms with E-state index < -0.39 is 36.1 Å². The van der Waals surface area contributed by atoms with Gasteiger partial charge in [0.25, 0.3) is 0 Å². The third kappa shape index (κ3) is 14.1. The molecule has 0 fully saturated rings. The Kier molecular flexibility index (Phi) is 15.6. The molecule has 0 heterocycles. The normalized spacial score (nSPS) is 13.1. The zero-order valence-corrected chi connectivity index (χ0v) is 25.2. The molecule has 1 aromatic rings. The first-order valence-corrected chi connectivity index (χ1v) is 13.8. The number of esters is 1. The highest BCUT2D eigenvalue weighted by atomic mass is 16.7. The van der Waals surface area contributed by atoms with E-state index in [4.69, 9.17) is 38.9 Å². The van der Waals surface area contributed by atoms with Crippen LogP contribution in [0.4, 0.5) is 14.4 Å². The first kappa shape index (κ1) is 35.5. The lowest BCUT2D eigenvalue weighted by atomic mass is 9.86. The lowest BCUT2D eigenvalue weighted by Crippen LogP contribution is -2.53. The van der Waals surface area contributed by atoms with Gasteiger partial charge in [0.05, 0.1) is 26.9 Å². The molecule has 0 aromatic heterocycles. The molecule has 0 saturated carbocycles. The fourth-order valence-electron chi connectivity index (χ4n) is 3.55. The molecule has 0 saturated heterocycles. The predicted octanol–water partition coefficient (Wildman–Crippen LogP) is 5.56. The van der Waals surface area contributed by atoms with E-state index in [0.29, 0.717) is 36.7 Å². The number of ether oxygens (including phenoxy) is 7.